The van der Waals surface area contributed by atoms with E-state index in [0.29, 0.717) is 6.04 Å². The Bertz CT molecular complexity index is 319. The van der Waals surface area contributed by atoms with E-state index in [1.807, 2.05) is 11.3 Å². The van der Waals surface area contributed by atoms with Gasteiger partial charge in [-0.1, -0.05) is 6.07 Å². The van der Waals surface area contributed by atoms with Crippen molar-refractivity contribution in [3.05, 3.63) is 22.4 Å². The molecule has 1 heterocycles. The average molecular weight is 252 g/mol. The molecule has 2 unspecified atom stereocenters. The van der Waals surface area contributed by atoms with E-state index in [2.05, 4.69) is 48.6 Å². The van der Waals surface area contributed by atoms with Gasteiger partial charge in [0.25, 0.3) is 0 Å². The van der Waals surface area contributed by atoms with Gasteiger partial charge in [0.2, 0.25) is 0 Å². The van der Waals surface area contributed by atoms with Gasteiger partial charge in [-0.2, -0.15) is 0 Å². The first kappa shape index (κ1) is 13.1. The second kappa shape index (κ2) is 5.98. The van der Waals surface area contributed by atoms with Gasteiger partial charge in [-0.15, -0.1) is 11.3 Å². The van der Waals surface area contributed by atoms with Gasteiger partial charge in [0.15, 0.2) is 0 Å². The van der Waals surface area contributed by atoms with E-state index in [4.69, 9.17) is 0 Å². The zero-order valence-electron chi connectivity index (χ0n) is 11.1. The molecule has 3 heteroatoms. The topological polar surface area (TPSA) is 15.3 Å². The Kier molecular flexibility index (Phi) is 4.60. The van der Waals surface area contributed by atoms with E-state index >= 15 is 0 Å². The highest BCUT2D eigenvalue weighted by Gasteiger charge is 2.31. The summed E-state index contributed by atoms with van der Waals surface area (Å²) in [7, 11) is 2.26. The molecule has 1 saturated carbocycles. The Labute approximate surface area is 109 Å². The molecule has 96 valence electrons. The number of likely N-dealkylation sites (N-methyl/N-ethyl adjacent to an activating group) is 1. The van der Waals surface area contributed by atoms with E-state index < -0.39 is 0 Å². The molecule has 0 aliphatic heterocycles. The minimum atomic E-state index is 0.616. The van der Waals surface area contributed by atoms with Crippen LogP contribution >= 0.6 is 11.3 Å². The SMILES string of the molecule is CC(CNCc1cccs1)N(C)C(C)C1CC1. The fourth-order valence-corrected chi connectivity index (χ4v) is 2.95. The fourth-order valence-electron chi connectivity index (χ4n) is 2.27. The maximum atomic E-state index is 3.55. The van der Waals surface area contributed by atoms with Crippen LogP contribution in [0.15, 0.2) is 17.5 Å². The first-order chi connectivity index (χ1) is 8.18. The van der Waals surface area contributed by atoms with E-state index in [9.17, 15) is 0 Å². The molecule has 0 bridgehead atoms. The van der Waals surface area contributed by atoms with Crippen LogP contribution in [0, 0.1) is 5.92 Å². The molecule has 17 heavy (non-hydrogen) atoms. The largest absolute Gasteiger partial charge is 0.310 e. The molecular weight excluding hydrogens is 228 g/mol. The Morgan fingerprint density at radius 3 is 2.82 bits per heavy atom. The monoisotopic (exact) mass is 252 g/mol. The van der Waals surface area contributed by atoms with Gasteiger partial charge in [0.1, 0.15) is 0 Å². The summed E-state index contributed by atoms with van der Waals surface area (Å²) in [6, 6.07) is 5.67. The van der Waals surface area contributed by atoms with Crippen LogP contribution in [-0.2, 0) is 6.54 Å². The minimum Gasteiger partial charge on any atom is -0.310 e. The van der Waals surface area contributed by atoms with Crippen LogP contribution in [0.25, 0.3) is 0 Å². The van der Waals surface area contributed by atoms with Gasteiger partial charge >= 0.3 is 0 Å². The molecule has 0 amide bonds. The third-order valence-electron chi connectivity index (χ3n) is 3.96. The second-order valence-electron chi connectivity index (χ2n) is 5.30. The van der Waals surface area contributed by atoms with Gasteiger partial charge < -0.3 is 5.32 Å². The van der Waals surface area contributed by atoms with Crippen molar-refractivity contribution in [3.8, 4) is 0 Å². The lowest BCUT2D eigenvalue weighted by molar-refractivity contribution is 0.174. The summed E-state index contributed by atoms with van der Waals surface area (Å²) in [6.45, 7) is 6.77. The smallest absolute Gasteiger partial charge is 0.0300 e. The molecule has 1 aliphatic rings. The van der Waals surface area contributed by atoms with Crippen LogP contribution in [-0.4, -0.2) is 30.6 Å². The summed E-state index contributed by atoms with van der Waals surface area (Å²) in [5.74, 6) is 0.958. The molecule has 2 rings (SSSR count). The van der Waals surface area contributed by atoms with Crippen LogP contribution in [0.2, 0.25) is 0 Å². The van der Waals surface area contributed by atoms with Crippen molar-refractivity contribution >= 4 is 11.3 Å². The molecule has 1 N–H and O–H groups in total. The highest BCUT2D eigenvalue weighted by atomic mass is 32.1. The summed E-state index contributed by atoms with van der Waals surface area (Å²) >= 11 is 1.83. The van der Waals surface area contributed by atoms with Crippen molar-refractivity contribution < 1.29 is 0 Å². The summed E-state index contributed by atoms with van der Waals surface area (Å²) < 4.78 is 0. The zero-order chi connectivity index (χ0) is 12.3. The van der Waals surface area contributed by atoms with Crippen molar-refractivity contribution in [2.75, 3.05) is 13.6 Å². The van der Waals surface area contributed by atoms with Gasteiger partial charge in [-0.05, 0) is 51.1 Å². The quantitative estimate of drug-likeness (QED) is 0.802. The van der Waals surface area contributed by atoms with E-state index in [-0.39, 0.29) is 0 Å². The molecule has 0 saturated heterocycles. The molecule has 1 fully saturated rings. The van der Waals surface area contributed by atoms with Crippen LogP contribution in [0.5, 0.6) is 0 Å². The Morgan fingerprint density at radius 2 is 2.24 bits per heavy atom. The number of nitrogens with zero attached hydrogens (tertiary/aromatic N) is 1. The molecule has 0 spiro atoms. The maximum Gasteiger partial charge on any atom is 0.0300 e. The van der Waals surface area contributed by atoms with E-state index in [0.717, 1.165) is 25.0 Å². The summed E-state index contributed by atoms with van der Waals surface area (Å²) in [6.07, 6.45) is 2.86. The molecule has 1 aromatic rings. The highest BCUT2D eigenvalue weighted by Crippen LogP contribution is 2.35. The molecule has 2 nitrogen and oxygen atoms in total. The van der Waals surface area contributed by atoms with Gasteiger partial charge in [-0.25, -0.2) is 0 Å². The number of thiophene rings is 1. The zero-order valence-corrected chi connectivity index (χ0v) is 12.0. The molecule has 0 radical (unpaired) electrons. The third-order valence-corrected chi connectivity index (χ3v) is 4.84. The predicted octanol–water partition coefficient (Wildman–Crippen LogP) is 2.96. The lowest BCUT2D eigenvalue weighted by atomic mass is 10.1. The van der Waals surface area contributed by atoms with Crippen molar-refractivity contribution in [1.82, 2.24) is 10.2 Å². The molecule has 0 aromatic carbocycles. The summed E-state index contributed by atoms with van der Waals surface area (Å²) in [4.78, 5) is 3.95. The fraction of sp³-hybridized carbons (Fsp3) is 0.714. The van der Waals surface area contributed by atoms with Crippen LogP contribution in [0.3, 0.4) is 0 Å². The number of hydrogen-bond acceptors (Lipinski definition) is 3. The standard InChI is InChI=1S/C14H24N2S/c1-11(16(3)12(2)13-6-7-13)9-15-10-14-5-4-8-17-14/h4-5,8,11-13,15H,6-7,9-10H2,1-3H3. The molecule has 2 atom stereocenters. The minimum absolute atomic E-state index is 0.616. The molecule has 1 aliphatic carbocycles. The molecular formula is C14H24N2S. The number of hydrogen-bond donors (Lipinski definition) is 1. The van der Waals surface area contributed by atoms with E-state index in [1.54, 1.807) is 0 Å². The average Bonchev–Trinajstić information content (AvgIpc) is 3.05. The van der Waals surface area contributed by atoms with Crippen molar-refractivity contribution in [1.29, 1.82) is 0 Å². The summed E-state index contributed by atoms with van der Waals surface area (Å²) in [5.41, 5.74) is 0. The van der Waals surface area contributed by atoms with Crippen LogP contribution in [0.4, 0.5) is 0 Å². The first-order valence-electron chi connectivity index (χ1n) is 6.63. The normalized spacial score (nSPS) is 19.5. The number of rotatable bonds is 7. The van der Waals surface area contributed by atoms with E-state index in [1.165, 1.54) is 17.7 Å². The van der Waals surface area contributed by atoms with Crippen molar-refractivity contribution in [2.24, 2.45) is 5.92 Å². The number of nitrogens with one attached hydrogen (secondary N) is 1. The maximum absolute atomic E-state index is 3.55. The predicted molar refractivity (Wildman–Crippen MR) is 75.4 cm³/mol. The lowest BCUT2D eigenvalue weighted by Crippen LogP contribution is -2.43. The highest BCUT2D eigenvalue weighted by molar-refractivity contribution is 7.09. The molecule has 1 aromatic heterocycles. The second-order valence-corrected chi connectivity index (χ2v) is 6.34. The summed E-state index contributed by atoms with van der Waals surface area (Å²) in [5, 5.41) is 5.69. The Balaban J connectivity index is 1.67. The Morgan fingerprint density at radius 1 is 1.47 bits per heavy atom. The van der Waals surface area contributed by atoms with Crippen LogP contribution in [0.1, 0.15) is 31.6 Å². The van der Waals surface area contributed by atoms with Crippen molar-refractivity contribution in [2.45, 2.75) is 45.3 Å². The van der Waals surface area contributed by atoms with Gasteiger partial charge in [0, 0.05) is 30.1 Å². The Hall–Kier alpha value is -0.380. The third kappa shape index (κ3) is 3.80. The van der Waals surface area contributed by atoms with Gasteiger partial charge in [-0.3, -0.25) is 4.90 Å². The van der Waals surface area contributed by atoms with Crippen LogP contribution < -0.4 is 5.32 Å². The first-order valence-corrected chi connectivity index (χ1v) is 7.51. The van der Waals surface area contributed by atoms with Gasteiger partial charge in [0.05, 0.1) is 0 Å². The van der Waals surface area contributed by atoms with Crippen molar-refractivity contribution in [3.63, 3.8) is 0 Å². The lowest BCUT2D eigenvalue weighted by Gasteiger charge is -2.31.